The number of nitrogens with zero attached hydrogens (tertiary/aromatic N) is 2. The Kier molecular flexibility index (Phi) is 5.25. The second kappa shape index (κ2) is 7.73. The zero-order chi connectivity index (χ0) is 21.5. The largest absolute Gasteiger partial charge is 0.420 e. The number of carbonyl (C=O) groups is 1. The van der Waals surface area contributed by atoms with E-state index >= 15 is 0 Å². The smallest absolute Gasteiger partial charge is 0.346 e. The Morgan fingerprint density at radius 3 is 2.63 bits per heavy atom. The third-order valence-electron chi connectivity index (χ3n) is 4.34. The van der Waals surface area contributed by atoms with Gasteiger partial charge in [-0.3, -0.25) is 9.20 Å². The molecule has 1 aromatic carbocycles. The number of aromatic nitrogens is 2. The molecule has 0 bridgehead atoms. The van der Waals surface area contributed by atoms with Crippen LogP contribution in [0.4, 0.5) is 17.6 Å². The fraction of sp³-hybridized carbons (Fsp3) is 0.100. The summed E-state index contributed by atoms with van der Waals surface area (Å²) >= 11 is 7.65. The number of hydrogen-bond acceptors (Lipinski definition) is 3. The van der Waals surface area contributed by atoms with Crippen molar-refractivity contribution in [3.8, 4) is 11.1 Å². The Labute approximate surface area is 176 Å². The van der Waals surface area contributed by atoms with Crippen LogP contribution in [0.1, 0.15) is 20.9 Å². The van der Waals surface area contributed by atoms with Crippen LogP contribution in [-0.2, 0) is 12.7 Å². The van der Waals surface area contributed by atoms with Gasteiger partial charge in [0.2, 0.25) is 0 Å². The van der Waals surface area contributed by atoms with Gasteiger partial charge in [-0.1, -0.05) is 29.8 Å². The number of hydrogen-bond donors (Lipinski definition) is 1. The van der Waals surface area contributed by atoms with E-state index < -0.39 is 29.1 Å². The number of benzene rings is 1. The van der Waals surface area contributed by atoms with Gasteiger partial charge in [-0.2, -0.15) is 13.2 Å². The minimum atomic E-state index is -4.76. The van der Waals surface area contributed by atoms with E-state index in [4.69, 9.17) is 11.6 Å². The molecular formula is C20H12ClF4N3OS. The minimum absolute atomic E-state index is 0.0826. The molecule has 0 saturated heterocycles. The Morgan fingerprint density at radius 2 is 1.97 bits per heavy atom. The van der Waals surface area contributed by atoms with Crippen LogP contribution in [-0.4, -0.2) is 15.3 Å². The van der Waals surface area contributed by atoms with Crippen molar-refractivity contribution < 1.29 is 22.4 Å². The first-order valence-electron chi connectivity index (χ1n) is 8.59. The van der Waals surface area contributed by atoms with E-state index in [1.165, 1.54) is 35.7 Å². The molecule has 0 aliphatic carbocycles. The van der Waals surface area contributed by atoms with Crippen LogP contribution in [0.5, 0.6) is 0 Å². The monoisotopic (exact) mass is 453 g/mol. The van der Waals surface area contributed by atoms with Crippen LogP contribution in [0.15, 0.2) is 54.0 Å². The first kappa shape index (κ1) is 20.4. The number of amides is 1. The molecule has 4 aromatic rings. The molecule has 1 amide bonds. The van der Waals surface area contributed by atoms with Gasteiger partial charge in [-0.15, -0.1) is 11.3 Å². The normalized spacial score (nSPS) is 11.8. The van der Waals surface area contributed by atoms with Crippen LogP contribution in [0, 0.1) is 5.82 Å². The summed E-state index contributed by atoms with van der Waals surface area (Å²) < 4.78 is 55.7. The number of carbonyl (C=O) groups excluding carboxylic acids is 1. The lowest BCUT2D eigenvalue weighted by Crippen LogP contribution is -2.23. The second-order valence-electron chi connectivity index (χ2n) is 6.36. The predicted molar refractivity (Wildman–Crippen MR) is 106 cm³/mol. The average molecular weight is 454 g/mol. The van der Waals surface area contributed by atoms with Crippen molar-refractivity contribution in [3.63, 3.8) is 0 Å². The molecule has 0 spiro atoms. The molecule has 0 atom stereocenters. The third-order valence-corrected chi connectivity index (χ3v) is 5.58. The first-order chi connectivity index (χ1) is 14.2. The number of fused-ring (bicyclic) bond motifs is 1. The summed E-state index contributed by atoms with van der Waals surface area (Å²) in [6.45, 7) is 0.196. The van der Waals surface area contributed by atoms with E-state index in [0.717, 1.165) is 21.4 Å². The van der Waals surface area contributed by atoms with E-state index in [-0.39, 0.29) is 28.5 Å². The van der Waals surface area contributed by atoms with Crippen LogP contribution >= 0.6 is 22.9 Å². The molecule has 0 unspecified atom stereocenters. The molecule has 3 aromatic heterocycles. The molecule has 4 rings (SSSR count). The van der Waals surface area contributed by atoms with Crippen molar-refractivity contribution in [1.82, 2.24) is 14.7 Å². The standard InChI is InChI=1S/C20H12ClF4N3OS/c21-17-16(19(29)26-9-14-5-2-6-30-14)27-18-15(20(23,24)25)8-12(10-28(17)18)11-3-1-4-13(22)7-11/h1-8,10H,9H2,(H,26,29). The lowest BCUT2D eigenvalue weighted by atomic mass is 10.1. The van der Waals surface area contributed by atoms with Crippen LogP contribution in [0.3, 0.4) is 0 Å². The zero-order valence-corrected chi connectivity index (χ0v) is 16.6. The third kappa shape index (κ3) is 3.90. The summed E-state index contributed by atoms with van der Waals surface area (Å²) in [7, 11) is 0. The highest BCUT2D eigenvalue weighted by atomic mass is 35.5. The zero-order valence-electron chi connectivity index (χ0n) is 15.0. The van der Waals surface area contributed by atoms with Gasteiger partial charge in [0.05, 0.1) is 12.1 Å². The second-order valence-corrected chi connectivity index (χ2v) is 7.75. The fourth-order valence-electron chi connectivity index (χ4n) is 2.96. The summed E-state index contributed by atoms with van der Waals surface area (Å²) in [4.78, 5) is 17.2. The predicted octanol–water partition coefficient (Wildman–Crippen LogP) is 5.80. The van der Waals surface area contributed by atoms with Crippen molar-refractivity contribution in [2.24, 2.45) is 0 Å². The summed E-state index contributed by atoms with van der Waals surface area (Å²) in [6, 6.07) is 9.65. The summed E-state index contributed by atoms with van der Waals surface area (Å²) in [5, 5.41) is 4.17. The highest BCUT2D eigenvalue weighted by Crippen LogP contribution is 2.37. The van der Waals surface area contributed by atoms with Gasteiger partial charge >= 0.3 is 6.18 Å². The van der Waals surface area contributed by atoms with Gasteiger partial charge in [0.15, 0.2) is 11.3 Å². The average Bonchev–Trinajstić information content (AvgIpc) is 3.33. The molecule has 0 saturated carbocycles. The minimum Gasteiger partial charge on any atom is -0.346 e. The van der Waals surface area contributed by atoms with Crippen molar-refractivity contribution in [2.75, 3.05) is 0 Å². The maximum atomic E-state index is 13.7. The summed E-state index contributed by atoms with van der Waals surface area (Å²) in [6.07, 6.45) is -3.46. The maximum absolute atomic E-state index is 13.7. The Bertz CT molecular complexity index is 1240. The number of halogens is 5. The molecule has 0 aliphatic heterocycles. The van der Waals surface area contributed by atoms with Crippen molar-refractivity contribution in [2.45, 2.75) is 12.7 Å². The van der Waals surface area contributed by atoms with Gasteiger partial charge in [-0.05, 0) is 40.8 Å². The Hall–Kier alpha value is -2.91. The molecule has 3 heterocycles. The highest BCUT2D eigenvalue weighted by Gasteiger charge is 2.36. The highest BCUT2D eigenvalue weighted by molar-refractivity contribution is 7.09. The lowest BCUT2D eigenvalue weighted by Gasteiger charge is -2.11. The number of rotatable bonds is 4. The Balaban J connectivity index is 1.81. The van der Waals surface area contributed by atoms with E-state index in [1.807, 2.05) is 17.5 Å². The first-order valence-corrected chi connectivity index (χ1v) is 9.85. The number of imidazole rings is 1. The van der Waals surface area contributed by atoms with Crippen LogP contribution < -0.4 is 5.32 Å². The van der Waals surface area contributed by atoms with Gasteiger partial charge < -0.3 is 5.32 Å². The Morgan fingerprint density at radius 1 is 1.17 bits per heavy atom. The van der Waals surface area contributed by atoms with E-state index in [0.29, 0.717) is 0 Å². The topological polar surface area (TPSA) is 46.4 Å². The molecule has 4 nitrogen and oxygen atoms in total. The van der Waals surface area contributed by atoms with Crippen molar-refractivity contribution >= 4 is 34.5 Å². The van der Waals surface area contributed by atoms with E-state index in [1.54, 1.807) is 0 Å². The molecular weight excluding hydrogens is 442 g/mol. The SMILES string of the molecule is O=C(NCc1cccs1)c1nc2c(C(F)(F)F)cc(-c3cccc(F)c3)cn2c1Cl. The van der Waals surface area contributed by atoms with Crippen molar-refractivity contribution in [3.05, 3.63) is 81.1 Å². The van der Waals surface area contributed by atoms with E-state index in [2.05, 4.69) is 10.3 Å². The number of pyridine rings is 1. The molecule has 10 heteroatoms. The molecule has 1 N–H and O–H groups in total. The summed E-state index contributed by atoms with van der Waals surface area (Å²) in [5.41, 5.74) is -1.59. The summed E-state index contributed by atoms with van der Waals surface area (Å²) in [5.74, 6) is -1.29. The molecule has 0 fully saturated rings. The number of nitrogens with one attached hydrogen (secondary N) is 1. The molecule has 0 radical (unpaired) electrons. The molecule has 30 heavy (non-hydrogen) atoms. The van der Waals surface area contributed by atoms with Crippen LogP contribution in [0.25, 0.3) is 16.8 Å². The lowest BCUT2D eigenvalue weighted by molar-refractivity contribution is -0.136. The van der Waals surface area contributed by atoms with Gasteiger partial charge in [0.1, 0.15) is 11.0 Å². The van der Waals surface area contributed by atoms with E-state index in [9.17, 15) is 22.4 Å². The molecule has 0 aliphatic rings. The van der Waals surface area contributed by atoms with Crippen molar-refractivity contribution in [1.29, 1.82) is 0 Å². The maximum Gasteiger partial charge on any atom is 0.420 e. The quantitative estimate of drug-likeness (QED) is 0.397. The number of thiophene rings is 1. The van der Waals surface area contributed by atoms with Gasteiger partial charge in [-0.25, -0.2) is 9.37 Å². The van der Waals surface area contributed by atoms with Gasteiger partial charge in [0, 0.05) is 11.1 Å². The van der Waals surface area contributed by atoms with Gasteiger partial charge in [0.25, 0.3) is 5.91 Å². The number of alkyl halides is 3. The fourth-order valence-corrected chi connectivity index (χ4v) is 3.86. The van der Waals surface area contributed by atoms with Crippen LogP contribution in [0.2, 0.25) is 5.15 Å². The molecule has 154 valence electrons.